The SMILES string of the molecule is CNCC(O)CCCOCCCCCCO. The van der Waals surface area contributed by atoms with Crippen molar-refractivity contribution in [2.24, 2.45) is 0 Å². The molecule has 0 bridgehead atoms. The van der Waals surface area contributed by atoms with Gasteiger partial charge in [0.2, 0.25) is 0 Å². The quantitative estimate of drug-likeness (QED) is 0.439. The minimum atomic E-state index is -0.252. The topological polar surface area (TPSA) is 61.7 Å². The van der Waals surface area contributed by atoms with Crippen LogP contribution in [0.5, 0.6) is 0 Å². The first-order valence-corrected chi connectivity index (χ1v) is 6.32. The fourth-order valence-corrected chi connectivity index (χ4v) is 1.53. The molecule has 98 valence electrons. The third kappa shape index (κ3) is 11.9. The van der Waals surface area contributed by atoms with Crippen LogP contribution in [0, 0.1) is 0 Å². The van der Waals surface area contributed by atoms with Crippen LogP contribution < -0.4 is 5.32 Å². The van der Waals surface area contributed by atoms with E-state index in [0.29, 0.717) is 13.2 Å². The third-order valence-electron chi connectivity index (χ3n) is 2.46. The lowest BCUT2D eigenvalue weighted by Crippen LogP contribution is -2.23. The lowest BCUT2D eigenvalue weighted by atomic mass is 10.2. The molecule has 1 unspecified atom stereocenters. The smallest absolute Gasteiger partial charge is 0.0665 e. The molecule has 0 aromatic heterocycles. The maximum absolute atomic E-state index is 9.41. The summed E-state index contributed by atoms with van der Waals surface area (Å²) in [4.78, 5) is 0. The van der Waals surface area contributed by atoms with Gasteiger partial charge in [0.1, 0.15) is 0 Å². The molecule has 0 spiro atoms. The predicted octanol–water partition coefficient (Wildman–Crippen LogP) is 0.916. The number of aliphatic hydroxyl groups excluding tert-OH is 2. The lowest BCUT2D eigenvalue weighted by Gasteiger charge is -2.09. The summed E-state index contributed by atoms with van der Waals surface area (Å²) in [6.07, 6.45) is 5.64. The van der Waals surface area contributed by atoms with Gasteiger partial charge in [-0.15, -0.1) is 0 Å². The monoisotopic (exact) mass is 233 g/mol. The van der Waals surface area contributed by atoms with Crippen molar-refractivity contribution in [2.75, 3.05) is 33.4 Å². The fourth-order valence-electron chi connectivity index (χ4n) is 1.53. The van der Waals surface area contributed by atoms with E-state index in [4.69, 9.17) is 9.84 Å². The van der Waals surface area contributed by atoms with Gasteiger partial charge in [0.25, 0.3) is 0 Å². The van der Waals surface area contributed by atoms with Gasteiger partial charge in [-0.1, -0.05) is 12.8 Å². The van der Waals surface area contributed by atoms with Crippen LogP contribution in [0.15, 0.2) is 0 Å². The highest BCUT2D eigenvalue weighted by atomic mass is 16.5. The molecule has 0 radical (unpaired) electrons. The molecule has 0 aromatic carbocycles. The van der Waals surface area contributed by atoms with Gasteiger partial charge in [-0.05, 0) is 32.7 Å². The van der Waals surface area contributed by atoms with E-state index in [0.717, 1.165) is 51.7 Å². The van der Waals surface area contributed by atoms with Crippen LogP contribution in [-0.2, 0) is 4.74 Å². The van der Waals surface area contributed by atoms with Crippen molar-refractivity contribution < 1.29 is 14.9 Å². The Morgan fingerprint density at radius 3 is 2.44 bits per heavy atom. The number of aliphatic hydroxyl groups is 2. The van der Waals surface area contributed by atoms with E-state index >= 15 is 0 Å². The zero-order valence-electron chi connectivity index (χ0n) is 10.5. The Morgan fingerprint density at radius 1 is 1.06 bits per heavy atom. The molecular weight excluding hydrogens is 206 g/mol. The zero-order valence-corrected chi connectivity index (χ0v) is 10.5. The molecule has 3 N–H and O–H groups in total. The van der Waals surface area contributed by atoms with Crippen LogP contribution in [0.2, 0.25) is 0 Å². The van der Waals surface area contributed by atoms with Crippen molar-refractivity contribution in [1.29, 1.82) is 0 Å². The van der Waals surface area contributed by atoms with Gasteiger partial charge in [-0.25, -0.2) is 0 Å². The summed E-state index contributed by atoms with van der Waals surface area (Å²) in [5.41, 5.74) is 0. The predicted molar refractivity (Wildman–Crippen MR) is 65.5 cm³/mol. The first-order chi connectivity index (χ1) is 7.81. The van der Waals surface area contributed by atoms with Gasteiger partial charge < -0.3 is 20.3 Å². The second-order valence-electron chi connectivity index (χ2n) is 4.10. The summed E-state index contributed by atoms with van der Waals surface area (Å²) in [6.45, 7) is 2.49. The Labute approximate surface area is 99.0 Å². The molecule has 0 amide bonds. The van der Waals surface area contributed by atoms with Gasteiger partial charge >= 0.3 is 0 Å². The highest BCUT2D eigenvalue weighted by Gasteiger charge is 2.01. The first kappa shape index (κ1) is 15.8. The average Bonchev–Trinajstić information content (AvgIpc) is 2.27. The van der Waals surface area contributed by atoms with Crippen molar-refractivity contribution >= 4 is 0 Å². The number of hydrogen-bond donors (Lipinski definition) is 3. The molecule has 0 fully saturated rings. The van der Waals surface area contributed by atoms with Gasteiger partial charge in [0.15, 0.2) is 0 Å². The average molecular weight is 233 g/mol. The van der Waals surface area contributed by atoms with E-state index < -0.39 is 0 Å². The number of rotatable bonds is 12. The molecule has 16 heavy (non-hydrogen) atoms. The first-order valence-electron chi connectivity index (χ1n) is 6.32. The van der Waals surface area contributed by atoms with Gasteiger partial charge in [-0.3, -0.25) is 0 Å². The Kier molecular flexibility index (Phi) is 12.8. The van der Waals surface area contributed by atoms with Gasteiger partial charge in [0.05, 0.1) is 6.10 Å². The Bertz CT molecular complexity index is 133. The van der Waals surface area contributed by atoms with E-state index in [2.05, 4.69) is 5.32 Å². The van der Waals surface area contributed by atoms with Crippen molar-refractivity contribution in [3.05, 3.63) is 0 Å². The van der Waals surface area contributed by atoms with Crippen molar-refractivity contribution in [1.82, 2.24) is 5.32 Å². The van der Waals surface area contributed by atoms with Gasteiger partial charge in [0, 0.05) is 26.4 Å². The number of unbranched alkanes of at least 4 members (excludes halogenated alkanes) is 3. The number of hydrogen-bond acceptors (Lipinski definition) is 4. The van der Waals surface area contributed by atoms with Crippen molar-refractivity contribution in [2.45, 2.75) is 44.6 Å². The Balaban J connectivity index is 2.98. The molecule has 0 heterocycles. The molecule has 0 saturated heterocycles. The third-order valence-corrected chi connectivity index (χ3v) is 2.46. The molecule has 0 aliphatic heterocycles. The molecule has 0 saturated carbocycles. The minimum absolute atomic E-state index is 0.252. The molecule has 0 aliphatic rings. The van der Waals surface area contributed by atoms with Crippen LogP contribution >= 0.6 is 0 Å². The molecule has 1 atom stereocenters. The molecule has 0 rings (SSSR count). The second-order valence-corrected chi connectivity index (χ2v) is 4.10. The standard InChI is InChI=1S/C12H27NO3/c1-13-11-12(15)7-6-10-16-9-5-3-2-4-8-14/h12-15H,2-11H2,1H3. The minimum Gasteiger partial charge on any atom is -0.396 e. The summed E-state index contributed by atoms with van der Waals surface area (Å²) in [5.74, 6) is 0. The van der Waals surface area contributed by atoms with Crippen LogP contribution in [0.3, 0.4) is 0 Å². The summed E-state index contributed by atoms with van der Waals surface area (Å²) >= 11 is 0. The lowest BCUT2D eigenvalue weighted by molar-refractivity contribution is 0.104. The largest absolute Gasteiger partial charge is 0.396 e. The highest BCUT2D eigenvalue weighted by molar-refractivity contribution is 4.56. The number of likely N-dealkylation sites (N-methyl/N-ethyl adjacent to an activating group) is 1. The molecule has 4 nitrogen and oxygen atoms in total. The van der Waals surface area contributed by atoms with Gasteiger partial charge in [-0.2, -0.15) is 0 Å². The fraction of sp³-hybridized carbons (Fsp3) is 1.00. The summed E-state index contributed by atoms with van der Waals surface area (Å²) in [6, 6.07) is 0. The van der Waals surface area contributed by atoms with E-state index in [1.165, 1.54) is 0 Å². The molecule has 0 aliphatic carbocycles. The Morgan fingerprint density at radius 2 is 1.75 bits per heavy atom. The second kappa shape index (κ2) is 12.9. The molecule has 0 aromatic rings. The van der Waals surface area contributed by atoms with Crippen molar-refractivity contribution in [3.8, 4) is 0 Å². The zero-order chi connectivity index (χ0) is 12.1. The van der Waals surface area contributed by atoms with E-state index in [1.54, 1.807) is 0 Å². The summed E-state index contributed by atoms with van der Waals surface area (Å²) in [5, 5.41) is 20.9. The maximum atomic E-state index is 9.41. The highest BCUT2D eigenvalue weighted by Crippen LogP contribution is 2.01. The number of nitrogens with one attached hydrogen (secondary N) is 1. The maximum Gasteiger partial charge on any atom is 0.0665 e. The van der Waals surface area contributed by atoms with Crippen LogP contribution in [0.25, 0.3) is 0 Å². The van der Waals surface area contributed by atoms with Crippen molar-refractivity contribution in [3.63, 3.8) is 0 Å². The van der Waals surface area contributed by atoms with E-state index in [-0.39, 0.29) is 6.10 Å². The number of ether oxygens (including phenoxy) is 1. The molecule has 4 heteroatoms. The van der Waals surface area contributed by atoms with Crippen LogP contribution in [0.4, 0.5) is 0 Å². The summed E-state index contributed by atoms with van der Waals surface area (Å²) in [7, 11) is 1.84. The van der Waals surface area contributed by atoms with E-state index in [1.807, 2.05) is 7.05 Å². The normalized spacial score (nSPS) is 12.9. The summed E-state index contributed by atoms with van der Waals surface area (Å²) < 4.78 is 5.45. The molecular formula is C12H27NO3. The van der Waals surface area contributed by atoms with Crippen LogP contribution in [-0.4, -0.2) is 49.7 Å². The van der Waals surface area contributed by atoms with E-state index in [9.17, 15) is 5.11 Å². The Hall–Kier alpha value is -0.160. The van der Waals surface area contributed by atoms with Crippen LogP contribution in [0.1, 0.15) is 38.5 Å².